The SMILES string of the molecule is N#C/C(=N\Nc1ccc(O)c2c1CCCN2)C(=N)N. The average Bonchev–Trinajstić information content (AvgIpc) is 2.42. The van der Waals surface area contributed by atoms with Crippen molar-refractivity contribution in [3.05, 3.63) is 17.7 Å². The highest BCUT2D eigenvalue weighted by Gasteiger charge is 2.16. The van der Waals surface area contributed by atoms with E-state index in [1.54, 1.807) is 18.2 Å². The van der Waals surface area contributed by atoms with E-state index < -0.39 is 0 Å². The van der Waals surface area contributed by atoms with Crippen molar-refractivity contribution in [3.8, 4) is 11.8 Å². The molecule has 98 valence electrons. The van der Waals surface area contributed by atoms with Crippen LogP contribution in [0.5, 0.6) is 5.75 Å². The third-order valence-electron chi connectivity index (χ3n) is 2.85. The van der Waals surface area contributed by atoms with Gasteiger partial charge in [-0.2, -0.15) is 10.4 Å². The molecule has 0 aromatic heterocycles. The Kier molecular flexibility index (Phi) is 3.52. The van der Waals surface area contributed by atoms with Crippen LogP contribution >= 0.6 is 0 Å². The van der Waals surface area contributed by atoms with E-state index in [0.29, 0.717) is 11.4 Å². The zero-order valence-electron chi connectivity index (χ0n) is 10.2. The van der Waals surface area contributed by atoms with Gasteiger partial charge in [0.05, 0.1) is 11.4 Å². The van der Waals surface area contributed by atoms with Crippen molar-refractivity contribution < 1.29 is 5.11 Å². The number of hydrogen-bond acceptors (Lipinski definition) is 6. The second-order valence-corrected chi connectivity index (χ2v) is 4.11. The van der Waals surface area contributed by atoms with Crippen LogP contribution in [0.15, 0.2) is 17.2 Å². The fraction of sp³-hybridized carbons (Fsp3) is 0.250. The van der Waals surface area contributed by atoms with Crippen molar-refractivity contribution in [1.29, 1.82) is 10.7 Å². The van der Waals surface area contributed by atoms with Gasteiger partial charge in [0.15, 0.2) is 5.84 Å². The molecule has 0 saturated carbocycles. The number of nitrogens with two attached hydrogens (primary N) is 1. The molecule has 0 spiro atoms. The van der Waals surface area contributed by atoms with Crippen LogP contribution in [-0.4, -0.2) is 23.2 Å². The van der Waals surface area contributed by atoms with E-state index in [1.165, 1.54) is 0 Å². The Morgan fingerprint density at radius 2 is 2.37 bits per heavy atom. The van der Waals surface area contributed by atoms with Crippen molar-refractivity contribution in [1.82, 2.24) is 0 Å². The Morgan fingerprint density at radius 3 is 3.05 bits per heavy atom. The Morgan fingerprint density at radius 1 is 1.58 bits per heavy atom. The second kappa shape index (κ2) is 5.27. The summed E-state index contributed by atoms with van der Waals surface area (Å²) in [6.45, 7) is 0.810. The summed E-state index contributed by atoms with van der Waals surface area (Å²) >= 11 is 0. The molecular formula is C12H14N6O. The molecule has 1 aromatic carbocycles. The molecule has 0 unspecified atom stereocenters. The van der Waals surface area contributed by atoms with E-state index in [9.17, 15) is 5.11 Å². The van der Waals surface area contributed by atoms with E-state index in [-0.39, 0.29) is 17.3 Å². The van der Waals surface area contributed by atoms with Crippen LogP contribution in [0.3, 0.4) is 0 Å². The standard InChI is InChI=1S/C12H14N6O/c13-6-9(12(14)15)18-17-8-3-4-10(19)11-7(8)2-1-5-16-11/h3-4,16-17,19H,1-2,5H2,(H3,14,15)/b18-9+. The van der Waals surface area contributed by atoms with Crippen LogP contribution in [0.25, 0.3) is 0 Å². The highest BCUT2D eigenvalue weighted by molar-refractivity contribution is 6.45. The van der Waals surface area contributed by atoms with Gasteiger partial charge in [0.1, 0.15) is 11.8 Å². The normalized spacial score (nSPS) is 13.9. The van der Waals surface area contributed by atoms with Crippen molar-refractivity contribution in [3.63, 3.8) is 0 Å². The van der Waals surface area contributed by atoms with Gasteiger partial charge >= 0.3 is 0 Å². The third kappa shape index (κ3) is 2.57. The molecule has 1 heterocycles. The highest BCUT2D eigenvalue weighted by atomic mass is 16.3. The predicted molar refractivity (Wildman–Crippen MR) is 73.5 cm³/mol. The summed E-state index contributed by atoms with van der Waals surface area (Å²) < 4.78 is 0. The Balaban J connectivity index is 2.32. The van der Waals surface area contributed by atoms with Crippen molar-refractivity contribution in [2.24, 2.45) is 10.8 Å². The molecule has 1 aromatic rings. The maximum atomic E-state index is 9.76. The number of hydrazone groups is 1. The lowest BCUT2D eigenvalue weighted by atomic mass is 10.0. The van der Waals surface area contributed by atoms with Gasteiger partial charge in [-0.05, 0) is 25.0 Å². The molecule has 0 fully saturated rings. The summed E-state index contributed by atoms with van der Waals surface area (Å²) in [4.78, 5) is 0. The molecule has 1 aliphatic rings. The number of phenolic OH excluding ortho intramolecular Hbond substituents is 1. The van der Waals surface area contributed by atoms with E-state index in [1.807, 2.05) is 0 Å². The molecule has 6 N–H and O–H groups in total. The summed E-state index contributed by atoms with van der Waals surface area (Å²) in [7, 11) is 0. The number of anilines is 2. The third-order valence-corrected chi connectivity index (χ3v) is 2.85. The Bertz CT molecular complexity index is 587. The molecule has 0 bridgehead atoms. The van der Waals surface area contributed by atoms with E-state index in [0.717, 1.165) is 24.9 Å². The van der Waals surface area contributed by atoms with Crippen molar-refractivity contribution >= 4 is 22.9 Å². The van der Waals surface area contributed by atoms with Gasteiger partial charge in [0.2, 0.25) is 5.71 Å². The second-order valence-electron chi connectivity index (χ2n) is 4.11. The fourth-order valence-electron chi connectivity index (χ4n) is 1.94. The van der Waals surface area contributed by atoms with Crippen molar-refractivity contribution in [2.75, 3.05) is 17.3 Å². The molecule has 0 radical (unpaired) electrons. The van der Waals surface area contributed by atoms with Crippen molar-refractivity contribution in [2.45, 2.75) is 12.8 Å². The van der Waals surface area contributed by atoms with Crippen LogP contribution in [0, 0.1) is 16.7 Å². The van der Waals surface area contributed by atoms with Gasteiger partial charge in [-0.3, -0.25) is 10.8 Å². The maximum absolute atomic E-state index is 9.76. The van der Waals surface area contributed by atoms with Crippen LogP contribution in [0.2, 0.25) is 0 Å². The monoisotopic (exact) mass is 258 g/mol. The first kappa shape index (κ1) is 12.7. The molecule has 0 aliphatic carbocycles. The van der Waals surface area contributed by atoms with Crippen LogP contribution in [-0.2, 0) is 6.42 Å². The van der Waals surface area contributed by atoms with E-state index >= 15 is 0 Å². The number of nitrogens with zero attached hydrogens (tertiary/aromatic N) is 2. The Hall–Kier alpha value is -2.75. The van der Waals surface area contributed by atoms with Gasteiger partial charge in [-0.1, -0.05) is 0 Å². The quantitative estimate of drug-likeness (QED) is 0.181. The number of rotatable bonds is 3. The lowest BCUT2D eigenvalue weighted by Gasteiger charge is -2.21. The predicted octanol–water partition coefficient (Wildman–Crippen LogP) is 0.978. The average molecular weight is 258 g/mol. The Labute approximate surface area is 110 Å². The van der Waals surface area contributed by atoms with Gasteiger partial charge in [0, 0.05) is 12.1 Å². The first-order valence-corrected chi connectivity index (χ1v) is 5.80. The van der Waals surface area contributed by atoms with Crippen LogP contribution in [0.4, 0.5) is 11.4 Å². The van der Waals surface area contributed by atoms with Gasteiger partial charge in [-0.25, -0.2) is 0 Å². The number of amidine groups is 1. The molecule has 7 nitrogen and oxygen atoms in total. The zero-order chi connectivity index (χ0) is 13.8. The minimum atomic E-state index is -0.388. The minimum absolute atomic E-state index is 0.175. The molecule has 0 atom stereocenters. The number of aromatic hydroxyl groups is 1. The zero-order valence-corrected chi connectivity index (χ0v) is 10.2. The van der Waals surface area contributed by atoms with Gasteiger partial charge in [-0.15, -0.1) is 0 Å². The molecule has 0 amide bonds. The molecule has 0 saturated heterocycles. The summed E-state index contributed by atoms with van der Waals surface area (Å²) in [6.07, 6.45) is 1.75. The molecule has 7 heteroatoms. The molecule has 19 heavy (non-hydrogen) atoms. The molecule has 2 rings (SSSR count). The topological polar surface area (TPSA) is 130 Å². The van der Waals surface area contributed by atoms with Crippen LogP contribution < -0.4 is 16.5 Å². The lowest BCUT2D eigenvalue weighted by Crippen LogP contribution is -2.22. The maximum Gasteiger partial charge on any atom is 0.201 e. The lowest BCUT2D eigenvalue weighted by molar-refractivity contribution is 0.475. The van der Waals surface area contributed by atoms with E-state index in [4.69, 9.17) is 16.4 Å². The smallest absolute Gasteiger partial charge is 0.201 e. The fourth-order valence-corrected chi connectivity index (χ4v) is 1.94. The van der Waals surface area contributed by atoms with Gasteiger partial charge in [0.25, 0.3) is 0 Å². The number of nitriles is 1. The summed E-state index contributed by atoms with van der Waals surface area (Å²) in [5.74, 6) is -0.197. The minimum Gasteiger partial charge on any atom is -0.506 e. The highest BCUT2D eigenvalue weighted by Crippen LogP contribution is 2.36. The first-order chi connectivity index (χ1) is 9.13. The summed E-state index contributed by atoms with van der Waals surface area (Å²) in [5, 5.41) is 32.6. The first-order valence-electron chi connectivity index (χ1n) is 5.80. The van der Waals surface area contributed by atoms with Crippen LogP contribution in [0.1, 0.15) is 12.0 Å². The number of phenols is 1. The number of fused-ring (bicyclic) bond motifs is 1. The molecule has 1 aliphatic heterocycles. The van der Waals surface area contributed by atoms with Gasteiger partial charge < -0.3 is 16.2 Å². The number of benzene rings is 1. The largest absolute Gasteiger partial charge is 0.506 e. The molecular weight excluding hydrogens is 244 g/mol. The van der Waals surface area contributed by atoms with E-state index in [2.05, 4.69) is 15.8 Å². The summed E-state index contributed by atoms with van der Waals surface area (Å²) in [6, 6.07) is 4.97. The number of hydrogen-bond donors (Lipinski definition) is 5. The summed E-state index contributed by atoms with van der Waals surface area (Å²) in [5.41, 5.74) is 10.1. The number of nitrogens with one attached hydrogen (secondary N) is 3.